The third-order valence-electron chi connectivity index (χ3n) is 3.99. The van der Waals surface area contributed by atoms with Crippen LogP contribution in [-0.4, -0.2) is 67.0 Å². The summed E-state index contributed by atoms with van der Waals surface area (Å²) in [7, 11) is 1.73. The molecular weight excluding hydrogens is 396 g/mol. The van der Waals surface area contributed by atoms with E-state index in [1.54, 1.807) is 31.1 Å². The van der Waals surface area contributed by atoms with Crippen LogP contribution in [0.3, 0.4) is 0 Å². The van der Waals surface area contributed by atoms with Gasteiger partial charge in [-0.3, -0.25) is 14.6 Å². The molecule has 1 aromatic heterocycles. The third-order valence-corrected chi connectivity index (χ3v) is 3.99. The first-order valence-electron chi connectivity index (χ1n) is 9.22. The number of ether oxygens (including phenoxy) is 2. The molecule has 0 aliphatic heterocycles. The van der Waals surface area contributed by atoms with Gasteiger partial charge in [0.05, 0.1) is 6.42 Å². The predicted molar refractivity (Wildman–Crippen MR) is 96.8 cm³/mol. The lowest BCUT2D eigenvalue weighted by molar-refractivity contribution is -0.248. The van der Waals surface area contributed by atoms with Crippen molar-refractivity contribution in [3.05, 3.63) is 30.1 Å². The van der Waals surface area contributed by atoms with Crippen LogP contribution in [0.1, 0.15) is 31.9 Å². The largest absolute Gasteiger partial charge is 0.459 e. The van der Waals surface area contributed by atoms with Gasteiger partial charge in [0.15, 0.2) is 13.2 Å². The Balaban J connectivity index is 2.34. The van der Waals surface area contributed by atoms with Gasteiger partial charge in [-0.1, -0.05) is 13.0 Å². The van der Waals surface area contributed by atoms with Gasteiger partial charge < -0.3 is 14.4 Å². The van der Waals surface area contributed by atoms with Gasteiger partial charge in [-0.2, -0.15) is 17.6 Å². The Hall–Kier alpha value is -2.23. The molecule has 0 saturated heterocycles. The molecule has 0 saturated carbocycles. The maximum atomic E-state index is 13.7. The van der Waals surface area contributed by atoms with Crippen molar-refractivity contribution in [2.24, 2.45) is 0 Å². The first-order chi connectivity index (χ1) is 13.6. The molecule has 1 aromatic rings. The normalized spacial score (nSPS) is 12.1. The van der Waals surface area contributed by atoms with Gasteiger partial charge in [-0.25, -0.2) is 0 Å². The van der Waals surface area contributed by atoms with Gasteiger partial charge in [0, 0.05) is 37.8 Å². The monoisotopic (exact) mass is 422 g/mol. The average Bonchev–Trinajstić information content (AvgIpc) is 2.68. The summed E-state index contributed by atoms with van der Waals surface area (Å²) in [6, 6.07) is 5.49. The second-order valence-electron chi connectivity index (χ2n) is 6.60. The third kappa shape index (κ3) is 9.21. The number of nitrogens with zero attached hydrogens (tertiary/aromatic N) is 2. The second-order valence-corrected chi connectivity index (χ2v) is 6.60. The standard InChI is InChI=1S/C19H26F4N2O4/c1-3-6-16(26)28-13-18(20,21)19(22,23)14-29-17(27)9-12-25(2)11-8-15-7-4-5-10-24-15/h4-5,7,10H,3,6,8-9,11-14H2,1-2H3. The maximum Gasteiger partial charge on any atom is 0.346 e. The molecule has 1 heterocycles. The van der Waals surface area contributed by atoms with Crippen LogP contribution >= 0.6 is 0 Å². The predicted octanol–water partition coefficient (Wildman–Crippen LogP) is 3.10. The molecule has 1 rings (SSSR count). The van der Waals surface area contributed by atoms with E-state index in [1.807, 2.05) is 12.1 Å². The quantitative estimate of drug-likeness (QED) is 0.360. The van der Waals surface area contributed by atoms with Crippen molar-refractivity contribution in [3.63, 3.8) is 0 Å². The Morgan fingerprint density at radius 3 is 2.10 bits per heavy atom. The lowest BCUT2D eigenvalue weighted by atomic mass is 10.2. The number of carbonyl (C=O) groups excluding carboxylic acids is 2. The number of hydrogen-bond donors (Lipinski definition) is 0. The van der Waals surface area contributed by atoms with Crippen molar-refractivity contribution in [2.75, 3.05) is 33.4 Å². The van der Waals surface area contributed by atoms with Crippen LogP contribution < -0.4 is 0 Å². The van der Waals surface area contributed by atoms with E-state index in [1.165, 1.54) is 0 Å². The first kappa shape index (κ1) is 24.8. The molecule has 0 fully saturated rings. The molecule has 0 aliphatic rings. The highest BCUT2D eigenvalue weighted by Crippen LogP contribution is 2.35. The number of hydrogen-bond acceptors (Lipinski definition) is 6. The Morgan fingerprint density at radius 1 is 1.00 bits per heavy atom. The van der Waals surface area contributed by atoms with Crippen molar-refractivity contribution in [1.29, 1.82) is 0 Å². The number of pyridine rings is 1. The summed E-state index contributed by atoms with van der Waals surface area (Å²) in [6.45, 7) is -1.16. The van der Waals surface area contributed by atoms with E-state index in [9.17, 15) is 27.2 Å². The number of rotatable bonds is 13. The zero-order chi connectivity index (χ0) is 21.9. The van der Waals surface area contributed by atoms with Crippen LogP contribution in [0.2, 0.25) is 0 Å². The van der Waals surface area contributed by atoms with E-state index >= 15 is 0 Å². The highest BCUT2D eigenvalue weighted by atomic mass is 19.3. The molecule has 0 spiro atoms. The van der Waals surface area contributed by atoms with Gasteiger partial charge in [0.2, 0.25) is 0 Å². The molecule has 164 valence electrons. The molecule has 0 bridgehead atoms. The maximum absolute atomic E-state index is 13.7. The molecule has 0 aromatic carbocycles. The summed E-state index contributed by atoms with van der Waals surface area (Å²) in [5.41, 5.74) is 0.864. The van der Waals surface area contributed by atoms with Crippen LogP contribution in [0.4, 0.5) is 17.6 Å². The smallest absolute Gasteiger partial charge is 0.346 e. The Kier molecular flexibility index (Phi) is 10.0. The van der Waals surface area contributed by atoms with Crippen LogP contribution in [-0.2, 0) is 25.5 Å². The highest BCUT2D eigenvalue weighted by molar-refractivity contribution is 5.69. The minimum atomic E-state index is -4.65. The number of likely N-dealkylation sites (N-methyl/N-ethyl adjacent to an activating group) is 1. The number of halogens is 4. The van der Waals surface area contributed by atoms with E-state index in [0.717, 1.165) is 5.69 Å². The van der Waals surface area contributed by atoms with Gasteiger partial charge in [-0.15, -0.1) is 0 Å². The van der Waals surface area contributed by atoms with Crippen LogP contribution in [0.15, 0.2) is 24.4 Å². The zero-order valence-electron chi connectivity index (χ0n) is 16.5. The summed E-state index contributed by atoms with van der Waals surface area (Å²) in [5, 5.41) is 0. The van der Waals surface area contributed by atoms with E-state index in [0.29, 0.717) is 19.4 Å². The highest BCUT2D eigenvalue weighted by Gasteiger charge is 2.58. The summed E-state index contributed by atoms with van der Waals surface area (Å²) in [4.78, 5) is 28.6. The van der Waals surface area contributed by atoms with Gasteiger partial charge >= 0.3 is 23.8 Å². The summed E-state index contributed by atoms with van der Waals surface area (Å²) >= 11 is 0. The molecule has 0 atom stereocenters. The van der Waals surface area contributed by atoms with Gasteiger partial charge in [-0.05, 0) is 25.6 Å². The zero-order valence-corrected chi connectivity index (χ0v) is 16.5. The second kappa shape index (κ2) is 11.7. The molecule has 0 N–H and O–H groups in total. The fourth-order valence-corrected chi connectivity index (χ4v) is 2.15. The van der Waals surface area contributed by atoms with E-state index in [-0.39, 0.29) is 19.4 Å². The van der Waals surface area contributed by atoms with E-state index in [4.69, 9.17) is 0 Å². The van der Waals surface area contributed by atoms with Crippen molar-refractivity contribution >= 4 is 11.9 Å². The van der Waals surface area contributed by atoms with Crippen molar-refractivity contribution in [3.8, 4) is 0 Å². The Morgan fingerprint density at radius 2 is 1.59 bits per heavy atom. The van der Waals surface area contributed by atoms with Crippen LogP contribution in [0.5, 0.6) is 0 Å². The fraction of sp³-hybridized carbons (Fsp3) is 0.632. The molecule has 0 radical (unpaired) electrons. The molecule has 6 nitrogen and oxygen atoms in total. The van der Waals surface area contributed by atoms with Crippen LogP contribution in [0.25, 0.3) is 0 Å². The molecular formula is C19H26F4N2O4. The number of aromatic nitrogens is 1. The fourth-order valence-electron chi connectivity index (χ4n) is 2.15. The summed E-state index contributed by atoms with van der Waals surface area (Å²) in [5.74, 6) is -11.3. The SMILES string of the molecule is CCCC(=O)OCC(F)(F)C(F)(F)COC(=O)CCN(C)CCc1ccccn1. The summed E-state index contributed by atoms with van der Waals surface area (Å²) in [6.07, 6.45) is 2.26. The lowest BCUT2D eigenvalue weighted by Crippen LogP contribution is -2.48. The number of carbonyl (C=O) groups is 2. The molecule has 10 heteroatoms. The number of alkyl halides is 4. The molecule has 0 unspecified atom stereocenters. The minimum Gasteiger partial charge on any atom is -0.459 e. The van der Waals surface area contributed by atoms with Crippen molar-refractivity contribution < 1.29 is 36.6 Å². The lowest BCUT2D eigenvalue weighted by Gasteiger charge is -2.25. The first-order valence-corrected chi connectivity index (χ1v) is 9.22. The Labute approximate surface area is 167 Å². The number of esters is 2. The molecule has 0 amide bonds. The van der Waals surface area contributed by atoms with Crippen molar-refractivity contribution in [2.45, 2.75) is 44.5 Å². The molecule has 0 aliphatic carbocycles. The minimum absolute atomic E-state index is 0.148. The van der Waals surface area contributed by atoms with E-state index < -0.39 is 37.0 Å². The average molecular weight is 422 g/mol. The Bertz CT molecular complexity index is 644. The molecule has 29 heavy (non-hydrogen) atoms. The van der Waals surface area contributed by atoms with Crippen molar-refractivity contribution in [1.82, 2.24) is 9.88 Å². The van der Waals surface area contributed by atoms with Gasteiger partial charge in [0.1, 0.15) is 0 Å². The summed E-state index contributed by atoms with van der Waals surface area (Å²) < 4.78 is 63.0. The topological polar surface area (TPSA) is 68.7 Å². The van der Waals surface area contributed by atoms with E-state index in [2.05, 4.69) is 14.5 Å². The van der Waals surface area contributed by atoms with Crippen LogP contribution in [0, 0.1) is 0 Å². The van der Waals surface area contributed by atoms with Gasteiger partial charge in [0.25, 0.3) is 0 Å².